The molecule has 1 unspecified atom stereocenters. The van der Waals surface area contributed by atoms with Crippen LogP contribution >= 0.6 is 0 Å². The number of nitrogens with zero attached hydrogens (tertiary/aromatic N) is 6. The number of fused-ring (bicyclic) bond motifs is 6. The number of phenolic OH excluding ortho intramolecular Hbond substituents is 1. The number of methoxy groups -OCH3 is 1. The van der Waals surface area contributed by atoms with Crippen LogP contribution in [0, 0.1) is 28.4 Å². The molecule has 3 amide bonds. The van der Waals surface area contributed by atoms with Gasteiger partial charge < -0.3 is 34.1 Å². The van der Waals surface area contributed by atoms with Crippen molar-refractivity contribution in [1.29, 1.82) is 0 Å². The maximum absolute atomic E-state index is 14.8. The largest absolute Gasteiger partial charge is 0.508 e. The second-order valence-electron chi connectivity index (χ2n) is 21.2. The number of aryl methyl sites for hydroxylation is 1. The van der Waals surface area contributed by atoms with Crippen molar-refractivity contribution in [3.63, 3.8) is 0 Å². The Labute approximate surface area is 435 Å². The minimum atomic E-state index is -3.98. The number of carbonyl (C=O) groups excluding carboxylic acids is 4. The maximum Gasteiger partial charge on any atom is 0.324 e. The molecular formula is C55H72N8O10S. The number of pyridine rings is 1. The highest BCUT2D eigenvalue weighted by Crippen LogP contribution is 2.42. The lowest BCUT2D eigenvalue weighted by Crippen LogP contribution is -2.62. The van der Waals surface area contributed by atoms with E-state index in [0.717, 1.165) is 39.0 Å². The number of carbonyl (C=O) groups is 4. The molecule has 8 rings (SSSR count). The first kappa shape index (κ1) is 54.4. The summed E-state index contributed by atoms with van der Waals surface area (Å²) < 4.78 is 47.4. The Balaban J connectivity index is 1.12. The summed E-state index contributed by atoms with van der Waals surface area (Å²) >= 11 is 0. The lowest BCUT2D eigenvalue weighted by atomic mass is 9.84. The topological polar surface area (TPSA) is 205 Å². The van der Waals surface area contributed by atoms with Crippen LogP contribution in [0.25, 0.3) is 33.3 Å². The number of aromatic nitrogens is 2. The maximum atomic E-state index is 14.8. The fraction of sp³-hybridized carbons (Fsp3) is 0.545. The minimum absolute atomic E-state index is 0.0359. The van der Waals surface area contributed by atoms with Crippen LogP contribution in [0.1, 0.15) is 83.7 Å². The normalized spacial score (nSPS) is 21.9. The molecule has 4 aromatic rings. The van der Waals surface area contributed by atoms with Gasteiger partial charge in [0.1, 0.15) is 23.9 Å². The number of aromatic hydroxyl groups is 1. The molecule has 0 aliphatic carbocycles. The number of morpholine rings is 1. The molecule has 4 aliphatic heterocycles. The van der Waals surface area contributed by atoms with Gasteiger partial charge in [-0.1, -0.05) is 45.7 Å². The van der Waals surface area contributed by atoms with Crippen molar-refractivity contribution in [2.45, 2.75) is 104 Å². The molecule has 2 aromatic heterocycles. The van der Waals surface area contributed by atoms with E-state index >= 15 is 0 Å². The van der Waals surface area contributed by atoms with Crippen molar-refractivity contribution in [2.24, 2.45) is 17.3 Å². The van der Waals surface area contributed by atoms with Gasteiger partial charge in [-0.05, 0) is 104 Å². The fourth-order valence-corrected chi connectivity index (χ4v) is 12.0. The standard InChI is InChI=1S/C55H72N8O10S/c1-9-62-47-16-15-38-31-43(47)44(50(62)42-13-10-18-56-48(42)36(4)71-8)32-55(5,6)34-73-54(68)45-14-11-20-63(58-45)53(67)46(29-37-27-40(38)30-41(64)28-37)57-51(65)49(35(2)3)59(7)52(66)39-17-21-61(33-39)74(69,70)26-12-19-60-22-24-72-25-23-60/h10,13,15-16,18,27-28,30-31,35-36,39,45-46,49,58,64H,9,11,14,17,19-25,29,32-34H2,1-8H3,(H,57,65)/t36-,39-,45-,46?,49-/m0/s1. The number of phenols is 1. The molecule has 6 bridgehead atoms. The van der Waals surface area contributed by atoms with E-state index in [2.05, 4.69) is 65.5 Å². The Morgan fingerprint density at radius 2 is 1.81 bits per heavy atom. The molecule has 6 heterocycles. The third kappa shape index (κ3) is 12.0. The van der Waals surface area contributed by atoms with Gasteiger partial charge in [0, 0.05) is 93.2 Å². The van der Waals surface area contributed by atoms with Crippen LogP contribution in [0.2, 0.25) is 0 Å². The quantitative estimate of drug-likeness (QED) is 0.136. The van der Waals surface area contributed by atoms with E-state index in [1.807, 2.05) is 30.0 Å². The SMILES string of the molecule is CCn1c(-c2cccnc2[C@H](C)OC)c2c3cc(ccc31)-c1cc(O)cc(c1)CC(NC(=O)[C@H](C(C)C)N(C)C(=O)[C@H]1CCN(S(=O)(=O)C#CCN3CCOCC3)C1)C(=O)N1CCC[C@H](N1)C(=O)OCC(C)(C)C2. The van der Waals surface area contributed by atoms with E-state index in [0.29, 0.717) is 69.8 Å². The number of hydrazine groups is 1. The molecule has 19 heteroatoms. The van der Waals surface area contributed by atoms with Gasteiger partial charge in [-0.15, -0.1) is 0 Å². The number of rotatable bonds is 11. The van der Waals surface area contributed by atoms with E-state index in [-0.39, 0.29) is 50.9 Å². The van der Waals surface area contributed by atoms with Crippen molar-refractivity contribution in [3.8, 4) is 39.3 Å². The molecule has 74 heavy (non-hydrogen) atoms. The molecule has 3 fully saturated rings. The van der Waals surface area contributed by atoms with Crippen LogP contribution in [0.4, 0.5) is 0 Å². The predicted octanol–water partition coefficient (Wildman–Crippen LogP) is 4.88. The number of hydrogen-bond donors (Lipinski definition) is 3. The smallest absolute Gasteiger partial charge is 0.324 e. The van der Waals surface area contributed by atoms with Crippen molar-refractivity contribution in [2.75, 3.05) is 73.2 Å². The first-order valence-electron chi connectivity index (χ1n) is 25.9. The number of benzene rings is 2. The molecule has 0 saturated carbocycles. The Bertz CT molecular complexity index is 2920. The van der Waals surface area contributed by atoms with E-state index in [4.69, 9.17) is 19.2 Å². The summed E-state index contributed by atoms with van der Waals surface area (Å²) in [6, 6.07) is 12.2. The van der Waals surface area contributed by atoms with Gasteiger partial charge in [-0.2, -0.15) is 12.7 Å². The zero-order valence-electron chi connectivity index (χ0n) is 44.0. The van der Waals surface area contributed by atoms with Crippen LogP contribution in [0.5, 0.6) is 5.75 Å². The Kier molecular flexibility index (Phi) is 16.9. The van der Waals surface area contributed by atoms with Crippen LogP contribution in [-0.2, 0) is 62.8 Å². The summed E-state index contributed by atoms with van der Waals surface area (Å²) in [6.45, 7) is 15.6. The molecule has 4 aliphatic rings. The minimum Gasteiger partial charge on any atom is -0.508 e. The number of likely N-dealkylation sites (N-methyl/N-ethyl adjacent to an activating group) is 1. The molecule has 398 valence electrons. The Hall–Kier alpha value is -5.88. The Morgan fingerprint density at radius 3 is 2.54 bits per heavy atom. The third-order valence-corrected chi connectivity index (χ3v) is 16.2. The number of cyclic esters (lactones) is 1. The highest BCUT2D eigenvalue weighted by atomic mass is 32.2. The van der Waals surface area contributed by atoms with Crippen molar-refractivity contribution in [1.82, 2.24) is 39.4 Å². The number of ether oxygens (including phenoxy) is 3. The summed E-state index contributed by atoms with van der Waals surface area (Å²) in [5.41, 5.74) is 9.36. The monoisotopic (exact) mass is 1040 g/mol. The van der Waals surface area contributed by atoms with Crippen LogP contribution in [0.15, 0.2) is 54.7 Å². The summed E-state index contributed by atoms with van der Waals surface area (Å²) in [7, 11) is -0.787. The highest BCUT2D eigenvalue weighted by molar-refractivity contribution is 7.93. The van der Waals surface area contributed by atoms with Crippen LogP contribution in [0.3, 0.4) is 0 Å². The van der Waals surface area contributed by atoms with Gasteiger partial charge in [0.15, 0.2) is 0 Å². The summed E-state index contributed by atoms with van der Waals surface area (Å²) in [6.07, 6.45) is 3.09. The molecule has 3 N–H and O–H groups in total. The average Bonchev–Trinajstić information content (AvgIpc) is 4.01. The van der Waals surface area contributed by atoms with Gasteiger partial charge in [0.05, 0.1) is 49.8 Å². The van der Waals surface area contributed by atoms with E-state index in [1.165, 1.54) is 21.3 Å². The number of amides is 3. The lowest BCUT2D eigenvalue weighted by Gasteiger charge is -2.37. The van der Waals surface area contributed by atoms with Gasteiger partial charge in [-0.25, -0.2) is 5.43 Å². The molecule has 0 spiro atoms. The highest BCUT2D eigenvalue weighted by Gasteiger charge is 2.41. The molecule has 18 nitrogen and oxygen atoms in total. The summed E-state index contributed by atoms with van der Waals surface area (Å²) in [5, 5.41) is 19.2. The second-order valence-corrected chi connectivity index (χ2v) is 22.9. The average molecular weight is 1040 g/mol. The predicted molar refractivity (Wildman–Crippen MR) is 280 cm³/mol. The van der Waals surface area contributed by atoms with Crippen molar-refractivity contribution >= 4 is 44.6 Å². The zero-order valence-corrected chi connectivity index (χ0v) is 44.8. The van der Waals surface area contributed by atoms with E-state index in [1.54, 1.807) is 39.3 Å². The first-order valence-corrected chi connectivity index (χ1v) is 27.3. The van der Waals surface area contributed by atoms with Crippen LogP contribution in [-0.4, -0.2) is 157 Å². The molecular weight excluding hydrogens is 965 g/mol. The van der Waals surface area contributed by atoms with Crippen molar-refractivity contribution < 1.29 is 46.9 Å². The molecule has 2 aromatic carbocycles. The van der Waals surface area contributed by atoms with E-state index in [9.17, 15) is 32.7 Å². The molecule has 3 saturated heterocycles. The zero-order chi connectivity index (χ0) is 53.1. The van der Waals surface area contributed by atoms with E-state index < -0.39 is 69.1 Å². The summed E-state index contributed by atoms with van der Waals surface area (Å²) in [5.74, 6) is -0.412. The second kappa shape index (κ2) is 22.9. The van der Waals surface area contributed by atoms with Gasteiger partial charge in [-0.3, -0.25) is 34.1 Å². The van der Waals surface area contributed by atoms with Gasteiger partial charge in [0.2, 0.25) is 11.8 Å². The van der Waals surface area contributed by atoms with Crippen LogP contribution < -0.4 is 10.7 Å². The first-order chi connectivity index (χ1) is 35.3. The molecule has 5 atom stereocenters. The number of hydrogen-bond acceptors (Lipinski definition) is 13. The number of sulfonamides is 1. The third-order valence-electron chi connectivity index (χ3n) is 14.8. The van der Waals surface area contributed by atoms with Gasteiger partial charge >= 0.3 is 5.97 Å². The number of esters is 1. The van der Waals surface area contributed by atoms with Crippen molar-refractivity contribution in [3.05, 3.63) is 71.5 Å². The fourth-order valence-electron chi connectivity index (χ4n) is 10.9. The molecule has 0 radical (unpaired) electrons. The Morgan fingerprint density at radius 1 is 1.04 bits per heavy atom. The lowest BCUT2D eigenvalue weighted by molar-refractivity contribution is -0.155. The van der Waals surface area contributed by atoms with Gasteiger partial charge in [0.25, 0.3) is 15.9 Å². The number of nitrogens with one attached hydrogen (secondary N) is 2. The summed E-state index contributed by atoms with van der Waals surface area (Å²) in [4.78, 5) is 65.9.